The van der Waals surface area contributed by atoms with Crippen molar-refractivity contribution in [3.05, 3.63) is 66.2 Å². The van der Waals surface area contributed by atoms with Gasteiger partial charge in [0.2, 0.25) is 0 Å². The van der Waals surface area contributed by atoms with Crippen molar-refractivity contribution in [2.24, 2.45) is 4.99 Å². The van der Waals surface area contributed by atoms with E-state index in [1.165, 1.54) is 29.2 Å². The summed E-state index contributed by atoms with van der Waals surface area (Å²) in [7, 11) is 0. The van der Waals surface area contributed by atoms with E-state index in [-0.39, 0.29) is 18.1 Å². The number of aromatic nitrogens is 2. The molecule has 6 heteroatoms. The molecule has 0 amide bonds. The molecule has 3 atom stereocenters. The van der Waals surface area contributed by atoms with Gasteiger partial charge in [0, 0.05) is 12.4 Å². The van der Waals surface area contributed by atoms with E-state index in [2.05, 4.69) is 70.0 Å². The molecule has 3 N–H and O–H groups in total. The van der Waals surface area contributed by atoms with Crippen LogP contribution in [0.3, 0.4) is 0 Å². The van der Waals surface area contributed by atoms with Crippen molar-refractivity contribution in [3.63, 3.8) is 0 Å². The summed E-state index contributed by atoms with van der Waals surface area (Å²) in [5.74, 6) is 0.792. The lowest BCUT2D eigenvalue weighted by molar-refractivity contribution is 0.361. The zero-order chi connectivity index (χ0) is 20.1. The van der Waals surface area contributed by atoms with Crippen LogP contribution in [0.4, 0.5) is 0 Å². The molecule has 150 valence electrons. The molecular weight excluding hydrogens is 378 g/mol. The van der Waals surface area contributed by atoms with Crippen molar-refractivity contribution < 1.29 is 0 Å². The van der Waals surface area contributed by atoms with Crippen LogP contribution in [0.5, 0.6) is 0 Å². The van der Waals surface area contributed by atoms with Gasteiger partial charge in [0.05, 0.1) is 24.3 Å². The summed E-state index contributed by atoms with van der Waals surface area (Å²) in [4.78, 5) is 12.1. The molecule has 2 aromatic carbocycles. The number of nitrogens with zero attached hydrogens (tertiary/aromatic N) is 2. The zero-order valence-corrected chi connectivity index (χ0v) is 17.5. The first kappa shape index (κ1) is 19.6. The summed E-state index contributed by atoms with van der Waals surface area (Å²) in [5.41, 5.74) is 1.23. The summed E-state index contributed by atoms with van der Waals surface area (Å²) < 4.78 is 0. The van der Waals surface area contributed by atoms with Crippen LogP contribution in [0, 0.1) is 0 Å². The fraction of sp³-hybridized carbons (Fsp3) is 0.348. The number of thiocarbonyl (C=S) groups is 1. The molecule has 5 nitrogen and oxygen atoms in total. The minimum absolute atomic E-state index is 0.133. The molecule has 29 heavy (non-hydrogen) atoms. The SMILES string of the molecule is C[C@H](NC(=S)N[C@H]1CCCC[C@@H]1N=Cc1ncc[nH]1)c1ccc2ccccc2c1. The summed E-state index contributed by atoms with van der Waals surface area (Å²) in [6.45, 7) is 2.14. The van der Waals surface area contributed by atoms with E-state index in [4.69, 9.17) is 17.2 Å². The minimum Gasteiger partial charge on any atom is -0.358 e. The van der Waals surface area contributed by atoms with Gasteiger partial charge in [-0.25, -0.2) is 4.98 Å². The van der Waals surface area contributed by atoms with Gasteiger partial charge in [0.25, 0.3) is 0 Å². The smallest absolute Gasteiger partial charge is 0.167 e. The first-order chi connectivity index (χ1) is 14.2. The Morgan fingerprint density at radius 1 is 1.21 bits per heavy atom. The fourth-order valence-corrected chi connectivity index (χ4v) is 4.27. The second-order valence-corrected chi connectivity index (χ2v) is 8.07. The summed E-state index contributed by atoms with van der Waals surface area (Å²) in [6.07, 6.45) is 9.93. The monoisotopic (exact) mass is 405 g/mol. The molecule has 1 aliphatic rings. The van der Waals surface area contributed by atoms with E-state index in [0.29, 0.717) is 5.11 Å². The standard InChI is InChI=1S/C23H27N5S/c1-16(18-11-10-17-6-2-3-7-19(17)14-18)27-23(29)28-21-9-5-4-8-20(21)26-15-22-24-12-13-25-22/h2-3,6-7,10-16,20-21H,4-5,8-9H2,1H3,(H,24,25)(H2,27,28,29)/t16-,20-,21-/m0/s1. The third-order valence-corrected chi connectivity index (χ3v) is 5.81. The highest BCUT2D eigenvalue weighted by Gasteiger charge is 2.25. The van der Waals surface area contributed by atoms with Gasteiger partial charge in [-0.15, -0.1) is 0 Å². The lowest BCUT2D eigenvalue weighted by atomic mass is 9.91. The van der Waals surface area contributed by atoms with Crippen LogP contribution in [-0.2, 0) is 0 Å². The van der Waals surface area contributed by atoms with Crippen molar-refractivity contribution in [1.82, 2.24) is 20.6 Å². The van der Waals surface area contributed by atoms with Crippen molar-refractivity contribution in [2.75, 3.05) is 0 Å². The Morgan fingerprint density at radius 2 is 2.03 bits per heavy atom. The van der Waals surface area contributed by atoms with Crippen LogP contribution in [0.1, 0.15) is 50.0 Å². The average Bonchev–Trinajstić information content (AvgIpc) is 3.26. The number of benzene rings is 2. The molecule has 1 saturated carbocycles. The van der Waals surface area contributed by atoms with Crippen LogP contribution in [0.15, 0.2) is 59.9 Å². The predicted octanol–water partition coefficient (Wildman–Crippen LogP) is 4.52. The van der Waals surface area contributed by atoms with E-state index in [1.807, 2.05) is 12.4 Å². The van der Waals surface area contributed by atoms with Crippen molar-refractivity contribution in [1.29, 1.82) is 0 Å². The summed E-state index contributed by atoms with van der Waals surface area (Å²) in [5, 5.41) is 10.2. The number of aromatic amines is 1. The molecule has 1 fully saturated rings. The molecule has 0 aliphatic heterocycles. The maximum atomic E-state index is 5.63. The van der Waals surface area contributed by atoms with Gasteiger partial charge in [-0.2, -0.15) is 0 Å². The molecule has 0 unspecified atom stereocenters. The molecule has 1 aromatic heterocycles. The van der Waals surface area contributed by atoms with Gasteiger partial charge in [-0.1, -0.05) is 49.2 Å². The Bertz CT molecular complexity index is 982. The number of imidazole rings is 1. The van der Waals surface area contributed by atoms with Gasteiger partial charge < -0.3 is 15.6 Å². The van der Waals surface area contributed by atoms with E-state index in [9.17, 15) is 0 Å². The minimum atomic E-state index is 0.133. The predicted molar refractivity (Wildman–Crippen MR) is 123 cm³/mol. The van der Waals surface area contributed by atoms with E-state index in [0.717, 1.165) is 18.7 Å². The molecule has 0 spiro atoms. The van der Waals surface area contributed by atoms with Crippen molar-refractivity contribution in [2.45, 2.75) is 50.7 Å². The van der Waals surface area contributed by atoms with Gasteiger partial charge in [0.1, 0.15) is 5.82 Å². The molecular formula is C23H27N5S. The quantitative estimate of drug-likeness (QED) is 0.431. The number of hydrogen-bond donors (Lipinski definition) is 3. The molecule has 1 heterocycles. The molecule has 0 radical (unpaired) electrons. The molecule has 0 bridgehead atoms. The summed E-state index contributed by atoms with van der Waals surface area (Å²) >= 11 is 5.63. The second kappa shape index (κ2) is 9.18. The second-order valence-electron chi connectivity index (χ2n) is 7.66. The Kier molecular flexibility index (Phi) is 6.20. The highest BCUT2D eigenvalue weighted by atomic mass is 32.1. The zero-order valence-electron chi connectivity index (χ0n) is 16.6. The lowest BCUT2D eigenvalue weighted by Crippen LogP contribution is -2.48. The van der Waals surface area contributed by atoms with Crippen LogP contribution >= 0.6 is 12.2 Å². The van der Waals surface area contributed by atoms with E-state index >= 15 is 0 Å². The number of rotatable bonds is 5. The van der Waals surface area contributed by atoms with Gasteiger partial charge in [0.15, 0.2) is 5.11 Å². The topological polar surface area (TPSA) is 65.1 Å². The lowest BCUT2D eigenvalue weighted by Gasteiger charge is -2.31. The summed E-state index contributed by atoms with van der Waals surface area (Å²) in [6, 6.07) is 15.6. The van der Waals surface area contributed by atoms with Crippen molar-refractivity contribution >= 4 is 34.3 Å². The highest BCUT2D eigenvalue weighted by Crippen LogP contribution is 2.22. The Labute approximate surface area is 177 Å². The Hall–Kier alpha value is -2.73. The van der Waals surface area contributed by atoms with Crippen LogP contribution in [-0.4, -0.2) is 33.4 Å². The fourth-order valence-electron chi connectivity index (χ4n) is 3.94. The third-order valence-electron chi connectivity index (χ3n) is 5.57. The first-order valence-electron chi connectivity index (χ1n) is 10.3. The first-order valence-corrected chi connectivity index (χ1v) is 10.7. The largest absolute Gasteiger partial charge is 0.358 e. The van der Waals surface area contributed by atoms with Crippen LogP contribution in [0.25, 0.3) is 10.8 Å². The number of hydrogen-bond acceptors (Lipinski definition) is 3. The maximum absolute atomic E-state index is 5.63. The Morgan fingerprint density at radius 3 is 2.86 bits per heavy atom. The molecule has 3 aromatic rings. The molecule has 1 aliphatic carbocycles. The van der Waals surface area contributed by atoms with E-state index in [1.54, 1.807) is 6.20 Å². The number of aliphatic imine (C=N–C) groups is 1. The van der Waals surface area contributed by atoms with Crippen molar-refractivity contribution in [3.8, 4) is 0 Å². The number of nitrogens with one attached hydrogen (secondary N) is 3. The Balaban J connectivity index is 1.37. The molecule has 4 rings (SSSR count). The highest BCUT2D eigenvalue weighted by molar-refractivity contribution is 7.80. The van der Waals surface area contributed by atoms with Gasteiger partial charge >= 0.3 is 0 Å². The number of fused-ring (bicyclic) bond motifs is 1. The maximum Gasteiger partial charge on any atom is 0.167 e. The average molecular weight is 406 g/mol. The third kappa shape index (κ3) is 5.01. The van der Waals surface area contributed by atoms with Crippen LogP contribution in [0.2, 0.25) is 0 Å². The van der Waals surface area contributed by atoms with Crippen LogP contribution < -0.4 is 10.6 Å². The number of H-pyrrole nitrogens is 1. The van der Waals surface area contributed by atoms with Gasteiger partial charge in [-0.3, -0.25) is 4.99 Å². The molecule has 0 saturated heterocycles. The van der Waals surface area contributed by atoms with E-state index < -0.39 is 0 Å². The normalized spacial score (nSPS) is 20.6. The van der Waals surface area contributed by atoms with Gasteiger partial charge in [-0.05, 0) is 54.4 Å².